The Balaban J connectivity index is 1.71. The van der Waals surface area contributed by atoms with Gasteiger partial charge in [0, 0.05) is 17.9 Å². The van der Waals surface area contributed by atoms with E-state index in [9.17, 15) is 26.4 Å². The molecule has 4 rings (SSSR count). The second-order valence-electron chi connectivity index (χ2n) is 6.94. The van der Waals surface area contributed by atoms with Crippen molar-refractivity contribution in [3.8, 4) is 5.75 Å². The molecule has 170 valence electrons. The number of fused-ring (bicyclic) bond motifs is 1. The van der Waals surface area contributed by atoms with Crippen molar-refractivity contribution < 1.29 is 31.1 Å². The van der Waals surface area contributed by atoms with Gasteiger partial charge < -0.3 is 4.74 Å². The molecule has 0 aliphatic heterocycles. The first kappa shape index (κ1) is 22.8. The van der Waals surface area contributed by atoms with Crippen LogP contribution in [0.2, 0.25) is 5.02 Å². The van der Waals surface area contributed by atoms with E-state index in [1.54, 1.807) is 12.1 Å². The van der Waals surface area contributed by atoms with Crippen LogP contribution in [0.15, 0.2) is 71.8 Å². The number of aromatic nitrogens is 2. The molecule has 0 aliphatic rings. The summed E-state index contributed by atoms with van der Waals surface area (Å²) in [5, 5.41) is 4.34. The summed E-state index contributed by atoms with van der Waals surface area (Å²) in [4.78, 5) is 12.3. The number of ketones is 1. The number of rotatable bonds is 7. The quantitative estimate of drug-likeness (QED) is 0.334. The monoisotopic (exact) mass is 494 g/mol. The maximum absolute atomic E-state index is 14.1. The molecule has 0 spiro atoms. The van der Waals surface area contributed by atoms with Crippen molar-refractivity contribution in [2.24, 2.45) is 0 Å². The van der Waals surface area contributed by atoms with Gasteiger partial charge in [0.25, 0.3) is 10.0 Å². The van der Waals surface area contributed by atoms with E-state index in [4.69, 9.17) is 11.6 Å². The van der Waals surface area contributed by atoms with Gasteiger partial charge in [0.05, 0.1) is 27.2 Å². The van der Waals surface area contributed by atoms with Gasteiger partial charge in [-0.05, 0) is 35.9 Å². The first-order valence-electron chi connectivity index (χ1n) is 9.41. The van der Waals surface area contributed by atoms with E-state index in [1.165, 1.54) is 42.6 Å². The van der Waals surface area contributed by atoms with Gasteiger partial charge in [0.15, 0.2) is 5.78 Å². The molecular weight excluding hydrogens is 481 g/mol. The van der Waals surface area contributed by atoms with Crippen LogP contribution in [0.25, 0.3) is 10.9 Å². The maximum atomic E-state index is 14.1. The zero-order valence-corrected chi connectivity index (χ0v) is 18.2. The molecule has 0 fully saturated rings. The Hall–Kier alpha value is -3.37. The number of hydrogen-bond donors (Lipinski definition) is 0. The number of Topliss-reactive ketones (excluding diaryl/α,β-unsaturated/α-hetero) is 1. The van der Waals surface area contributed by atoms with Crippen LogP contribution in [0.4, 0.5) is 13.2 Å². The highest BCUT2D eigenvalue weighted by molar-refractivity contribution is 7.90. The van der Waals surface area contributed by atoms with Crippen LogP contribution >= 0.6 is 11.6 Å². The van der Waals surface area contributed by atoms with Gasteiger partial charge in [-0.1, -0.05) is 35.9 Å². The zero-order chi connectivity index (χ0) is 23.8. The number of benzene rings is 3. The predicted molar refractivity (Wildman–Crippen MR) is 115 cm³/mol. The molecule has 11 heteroatoms. The first-order valence-corrected chi connectivity index (χ1v) is 11.2. The molecule has 6 nitrogen and oxygen atoms in total. The number of carbonyl (C=O) groups excluding carboxylic acids is 1. The fraction of sp³-hybridized carbons (Fsp3) is 0.0909. The third-order valence-corrected chi connectivity index (χ3v) is 6.68. The maximum Gasteiger partial charge on any atom is 0.387 e. The summed E-state index contributed by atoms with van der Waals surface area (Å²) in [6.45, 7) is -3.11. The van der Waals surface area contributed by atoms with E-state index >= 15 is 0 Å². The number of halogens is 4. The number of hydrogen-bond acceptors (Lipinski definition) is 5. The molecule has 0 aliphatic carbocycles. The largest absolute Gasteiger partial charge is 0.435 e. The van der Waals surface area contributed by atoms with Gasteiger partial charge in [0.1, 0.15) is 11.6 Å². The van der Waals surface area contributed by atoms with Crippen LogP contribution in [0.5, 0.6) is 5.75 Å². The van der Waals surface area contributed by atoms with Gasteiger partial charge in [-0.15, -0.1) is 0 Å². The smallest absolute Gasteiger partial charge is 0.387 e. The molecule has 1 heterocycles. The third-order valence-electron chi connectivity index (χ3n) is 4.77. The molecule has 3 aromatic carbocycles. The van der Waals surface area contributed by atoms with Crippen molar-refractivity contribution in [1.82, 2.24) is 9.19 Å². The highest BCUT2D eigenvalue weighted by Crippen LogP contribution is 2.26. The van der Waals surface area contributed by atoms with Gasteiger partial charge in [-0.25, -0.2) is 4.39 Å². The highest BCUT2D eigenvalue weighted by Gasteiger charge is 2.23. The zero-order valence-electron chi connectivity index (χ0n) is 16.6. The van der Waals surface area contributed by atoms with E-state index in [0.29, 0.717) is 10.9 Å². The fourth-order valence-corrected chi connectivity index (χ4v) is 4.86. The van der Waals surface area contributed by atoms with Gasteiger partial charge in [0.2, 0.25) is 0 Å². The van der Waals surface area contributed by atoms with Crippen LogP contribution in [0.3, 0.4) is 0 Å². The Morgan fingerprint density at radius 3 is 2.58 bits per heavy atom. The average Bonchev–Trinajstić information content (AvgIpc) is 3.17. The minimum Gasteiger partial charge on any atom is -0.435 e. The van der Waals surface area contributed by atoms with Crippen molar-refractivity contribution in [2.75, 3.05) is 0 Å². The molecule has 0 amide bonds. The molecule has 0 bridgehead atoms. The van der Waals surface area contributed by atoms with Crippen molar-refractivity contribution in [1.29, 1.82) is 0 Å². The van der Waals surface area contributed by atoms with Gasteiger partial charge >= 0.3 is 6.61 Å². The van der Waals surface area contributed by atoms with Crippen molar-refractivity contribution in [2.45, 2.75) is 17.9 Å². The van der Waals surface area contributed by atoms with E-state index in [1.807, 2.05) is 0 Å². The fourth-order valence-electron chi connectivity index (χ4n) is 3.29. The lowest BCUT2D eigenvalue weighted by molar-refractivity contribution is -0.0500. The summed E-state index contributed by atoms with van der Waals surface area (Å²) in [7, 11) is -4.28. The lowest BCUT2D eigenvalue weighted by Crippen LogP contribution is -2.15. The number of carbonyl (C=O) groups is 1. The summed E-state index contributed by atoms with van der Waals surface area (Å²) in [5.41, 5.74) is 0.301. The average molecular weight is 495 g/mol. The Bertz CT molecular complexity index is 1450. The van der Waals surface area contributed by atoms with E-state index in [-0.39, 0.29) is 33.2 Å². The van der Waals surface area contributed by atoms with Crippen LogP contribution in [-0.4, -0.2) is 30.0 Å². The number of alkyl halides is 2. The molecule has 4 aromatic rings. The molecule has 0 saturated carbocycles. The van der Waals surface area contributed by atoms with Crippen molar-refractivity contribution >= 4 is 38.3 Å². The van der Waals surface area contributed by atoms with Crippen LogP contribution in [0.1, 0.15) is 15.9 Å². The predicted octanol–water partition coefficient (Wildman–Crippen LogP) is 5.09. The van der Waals surface area contributed by atoms with E-state index < -0.39 is 28.2 Å². The Kier molecular flexibility index (Phi) is 6.13. The molecule has 0 unspecified atom stereocenters. The van der Waals surface area contributed by atoms with Gasteiger partial charge in [-0.3, -0.25) is 4.79 Å². The van der Waals surface area contributed by atoms with Gasteiger partial charge in [-0.2, -0.15) is 26.4 Å². The van der Waals surface area contributed by atoms with Crippen LogP contribution in [0, 0.1) is 5.82 Å². The second kappa shape index (κ2) is 8.87. The molecule has 0 atom stereocenters. The van der Waals surface area contributed by atoms with Crippen LogP contribution in [-0.2, 0) is 16.4 Å². The second-order valence-corrected chi connectivity index (χ2v) is 9.11. The van der Waals surface area contributed by atoms with Crippen molar-refractivity contribution in [3.05, 3.63) is 88.8 Å². The van der Waals surface area contributed by atoms with Crippen LogP contribution < -0.4 is 4.74 Å². The Morgan fingerprint density at radius 2 is 1.85 bits per heavy atom. The molecule has 1 aromatic heterocycles. The van der Waals surface area contributed by atoms with E-state index in [2.05, 4.69) is 9.84 Å². The molecular formula is C22H14ClF3N2O4S. The summed E-state index contributed by atoms with van der Waals surface area (Å²) in [6.07, 6.45) is 1.07. The molecule has 0 radical (unpaired) electrons. The topological polar surface area (TPSA) is 78.3 Å². The third kappa shape index (κ3) is 4.57. The molecule has 33 heavy (non-hydrogen) atoms. The normalized spacial score (nSPS) is 11.8. The van der Waals surface area contributed by atoms with E-state index in [0.717, 1.165) is 16.2 Å². The minimum absolute atomic E-state index is 0.0282. The Morgan fingerprint density at radius 1 is 1.09 bits per heavy atom. The van der Waals surface area contributed by atoms with Crippen molar-refractivity contribution in [3.63, 3.8) is 0 Å². The summed E-state index contributed by atoms with van der Waals surface area (Å²) < 4.78 is 70.3. The lowest BCUT2D eigenvalue weighted by Gasteiger charge is -2.09. The number of ether oxygens (including phenoxy) is 1. The number of nitrogens with zero attached hydrogens (tertiary/aromatic N) is 2. The SMILES string of the molecule is O=C(Cc1ccc2cnn(S(=O)(=O)c3cccc(OC(F)F)c3)c2c1)c1c(F)cccc1Cl. The highest BCUT2D eigenvalue weighted by atomic mass is 35.5. The lowest BCUT2D eigenvalue weighted by atomic mass is 10.0. The minimum atomic E-state index is -4.28. The summed E-state index contributed by atoms with van der Waals surface area (Å²) in [6, 6.07) is 13.1. The summed E-state index contributed by atoms with van der Waals surface area (Å²) >= 11 is 5.95. The summed E-state index contributed by atoms with van der Waals surface area (Å²) in [5.74, 6) is -1.66. The molecule has 0 N–H and O–H groups in total. The Labute approximate surface area is 191 Å². The molecule has 0 saturated heterocycles. The first-order chi connectivity index (χ1) is 15.7. The standard InChI is InChI=1S/C22H14ClF3N2O4S/c23-17-5-2-6-18(24)21(17)20(29)10-13-7-8-14-12-27-28(19(14)9-13)33(30,31)16-4-1-3-15(11-16)32-22(25)26/h1-9,11-12,22H,10H2.